The molecule has 2 rings (SSSR count). The summed E-state index contributed by atoms with van der Waals surface area (Å²) in [5.41, 5.74) is 2.21. The number of amides is 1. The molecule has 8 heteroatoms. The van der Waals surface area contributed by atoms with Crippen LogP contribution < -0.4 is 15.0 Å². The summed E-state index contributed by atoms with van der Waals surface area (Å²) in [6.07, 6.45) is 0. The van der Waals surface area contributed by atoms with Gasteiger partial charge in [0.25, 0.3) is 0 Å². The lowest BCUT2D eigenvalue weighted by Crippen LogP contribution is -2.53. The number of hydrogen-bond acceptors (Lipinski definition) is 4. The lowest BCUT2D eigenvalue weighted by Gasteiger charge is -2.37. The maximum atomic E-state index is 11.9. The molecule has 0 atom stereocenters. The highest BCUT2D eigenvalue weighted by Crippen LogP contribution is 2.20. The van der Waals surface area contributed by atoms with Crippen molar-refractivity contribution in [1.82, 2.24) is 15.1 Å². The summed E-state index contributed by atoms with van der Waals surface area (Å²) in [7, 11) is 5.16. The average Bonchev–Trinajstić information content (AvgIpc) is 2.68. The quantitative estimate of drug-likeness (QED) is 0.280. The fourth-order valence-electron chi connectivity index (χ4n) is 2.75. The van der Waals surface area contributed by atoms with Crippen LogP contribution in [0.25, 0.3) is 0 Å². The molecule has 1 N–H and O–H groups in total. The van der Waals surface area contributed by atoms with E-state index in [0.29, 0.717) is 6.54 Å². The number of ether oxygens (including phenoxy) is 1. The van der Waals surface area contributed by atoms with Crippen LogP contribution in [0.5, 0.6) is 5.75 Å². The molecule has 1 aliphatic heterocycles. The second kappa shape index (κ2) is 11.8. The third-order valence-corrected chi connectivity index (χ3v) is 4.43. The Kier molecular flexibility index (Phi) is 10.1. The molecule has 7 nitrogen and oxygen atoms in total. The maximum Gasteiger partial charge on any atom is 0.243 e. The molecule has 1 fully saturated rings. The summed E-state index contributed by atoms with van der Waals surface area (Å²) < 4.78 is 5.23. The number of rotatable bonds is 6. The number of anilines is 1. The molecule has 1 saturated heterocycles. The standard InChI is InChI=1S/C20H31N5O2.HI/c1-16(2)14-21-20(22-15-19(26)23(3)4)25-12-10-24(11-13-25)17-6-8-18(27-5)9-7-17;/h6-9H,1,10-15H2,2-5H3,(H,21,22);1H. The Hall–Kier alpha value is -1.97. The van der Waals surface area contributed by atoms with Gasteiger partial charge in [0.05, 0.1) is 7.11 Å². The van der Waals surface area contributed by atoms with E-state index < -0.39 is 0 Å². The zero-order valence-corrected chi connectivity index (χ0v) is 19.6. The van der Waals surface area contributed by atoms with Crippen molar-refractivity contribution in [3.05, 3.63) is 36.4 Å². The number of methoxy groups -OCH3 is 1. The lowest BCUT2D eigenvalue weighted by atomic mass is 10.2. The summed E-state index contributed by atoms with van der Waals surface area (Å²) in [5, 5.41) is 3.32. The molecular weight excluding hydrogens is 469 g/mol. The van der Waals surface area contributed by atoms with Crippen LogP contribution in [0.15, 0.2) is 41.4 Å². The number of guanidine groups is 1. The minimum Gasteiger partial charge on any atom is -0.497 e. The molecule has 156 valence electrons. The second-order valence-corrected chi connectivity index (χ2v) is 6.91. The molecule has 0 spiro atoms. The van der Waals surface area contributed by atoms with Gasteiger partial charge in [0.1, 0.15) is 12.3 Å². The molecular formula is C20H32IN5O2. The summed E-state index contributed by atoms with van der Waals surface area (Å²) in [6.45, 7) is 10.1. The van der Waals surface area contributed by atoms with Gasteiger partial charge in [0.15, 0.2) is 5.96 Å². The van der Waals surface area contributed by atoms with Gasteiger partial charge in [-0.1, -0.05) is 12.2 Å². The van der Waals surface area contributed by atoms with Crippen molar-refractivity contribution in [2.24, 2.45) is 4.99 Å². The van der Waals surface area contributed by atoms with Crippen LogP contribution >= 0.6 is 24.0 Å². The molecule has 0 radical (unpaired) electrons. The zero-order valence-electron chi connectivity index (χ0n) is 17.3. The Bertz CT molecular complexity index is 668. The summed E-state index contributed by atoms with van der Waals surface area (Å²) in [4.78, 5) is 22.5. The van der Waals surface area contributed by atoms with E-state index in [9.17, 15) is 4.79 Å². The van der Waals surface area contributed by atoms with Gasteiger partial charge in [-0.15, -0.1) is 24.0 Å². The number of nitrogens with zero attached hydrogens (tertiary/aromatic N) is 4. The van der Waals surface area contributed by atoms with Crippen molar-refractivity contribution >= 4 is 41.5 Å². The number of hydrogen-bond donors (Lipinski definition) is 1. The van der Waals surface area contributed by atoms with E-state index in [1.165, 1.54) is 5.69 Å². The number of piperazine rings is 1. The molecule has 1 aromatic carbocycles. The highest BCUT2D eigenvalue weighted by molar-refractivity contribution is 14.0. The van der Waals surface area contributed by atoms with Crippen LogP contribution in [0.2, 0.25) is 0 Å². The van der Waals surface area contributed by atoms with Gasteiger partial charge in [-0.05, 0) is 31.2 Å². The van der Waals surface area contributed by atoms with Gasteiger partial charge in [-0.3, -0.25) is 4.79 Å². The molecule has 0 unspecified atom stereocenters. The van der Waals surface area contributed by atoms with Gasteiger partial charge < -0.3 is 24.8 Å². The zero-order chi connectivity index (χ0) is 19.8. The molecule has 28 heavy (non-hydrogen) atoms. The first-order valence-corrected chi connectivity index (χ1v) is 9.17. The molecule has 0 aromatic heterocycles. The Labute approximate surface area is 185 Å². The number of likely N-dealkylation sites (N-methyl/N-ethyl adjacent to an activating group) is 1. The Morgan fingerprint density at radius 2 is 1.82 bits per heavy atom. The number of carbonyl (C=O) groups is 1. The predicted octanol–water partition coefficient (Wildman–Crippen LogP) is 2.05. The molecule has 0 saturated carbocycles. The van der Waals surface area contributed by atoms with E-state index in [2.05, 4.69) is 38.8 Å². The molecule has 0 aliphatic carbocycles. The van der Waals surface area contributed by atoms with Gasteiger partial charge >= 0.3 is 0 Å². The molecule has 0 bridgehead atoms. The van der Waals surface area contributed by atoms with Crippen molar-refractivity contribution < 1.29 is 9.53 Å². The monoisotopic (exact) mass is 501 g/mol. The molecule has 1 aromatic rings. The largest absolute Gasteiger partial charge is 0.497 e. The Morgan fingerprint density at radius 1 is 1.21 bits per heavy atom. The Morgan fingerprint density at radius 3 is 2.32 bits per heavy atom. The normalized spacial score (nSPS) is 14.2. The number of benzene rings is 1. The fourth-order valence-corrected chi connectivity index (χ4v) is 2.75. The molecule has 1 amide bonds. The van der Waals surface area contributed by atoms with E-state index in [4.69, 9.17) is 4.74 Å². The summed E-state index contributed by atoms with van der Waals surface area (Å²) >= 11 is 0. The van der Waals surface area contributed by atoms with Crippen LogP contribution in [-0.4, -0.2) is 82.1 Å². The number of nitrogens with one attached hydrogen (secondary N) is 1. The van der Waals surface area contributed by atoms with Crippen molar-refractivity contribution in [3.63, 3.8) is 0 Å². The van der Waals surface area contributed by atoms with Crippen molar-refractivity contribution in [1.29, 1.82) is 0 Å². The minimum absolute atomic E-state index is 0. The first-order valence-electron chi connectivity index (χ1n) is 9.17. The van der Waals surface area contributed by atoms with Crippen LogP contribution in [0.1, 0.15) is 6.92 Å². The lowest BCUT2D eigenvalue weighted by molar-refractivity contribution is -0.127. The van der Waals surface area contributed by atoms with Gasteiger partial charge in [0.2, 0.25) is 5.91 Å². The van der Waals surface area contributed by atoms with Gasteiger partial charge in [-0.2, -0.15) is 0 Å². The van der Waals surface area contributed by atoms with E-state index in [1.54, 1.807) is 26.1 Å². The van der Waals surface area contributed by atoms with Crippen LogP contribution in [0, 0.1) is 0 Å². The molecule has 1 aliphatic rings. The number of aliphatic imine (C=N–C) groups is 1. The van der Waals surface area contributed by atoms with E-state index in [0.717, 1.165) is 43.5 Å². The second-order valence-electron chi connectivity index (χ2n) is 6.91. The van der Waals surface area contributed by atoms with Crippen LogP contribution in [0.4, 0.5) is 5.69 Å². The summed E-state index contributed by atoms with van der Waals surface area (Å²) in [5.74, 6) is 1.62. The first kappa shape index (κ1) is 24.1. The maximum absolute atomic E-state index is 11.9. The van der Waals surface area contributed by atoms with Crippen molar-refractivity contribution in [2.45, 2.75) is 6.92 Å². The third kappa shape index (κ3) is 7.21. The van der Waals surface area contributed by atoms with Crippen molar-refractivity contribution in [2.75, 3.05) is 65.4 Å². The predicted molar refractivity (Wildman–Crippen MR) is 126 cm³/mol. The smallest absolute Gasteiger partial charge is 0.243 e. The third-order valence-electron chi connectivity index (χ3n) is 4.43. The highest BCUT2D eigenvalue weighted by Gasteiger charge is 2.20. The minimum atomic E-state index is -0.0125. The van der Waals surface area contributed by atoms with E-state index in [1.807, 2.05) is 19.1 Å². The van der Waals surface area contributed by atoms with E-state index in [-0.39, 0.29) is 36.4 Å². The molecule has 1 heterocycles. The van der Waals surface area contributed by atoms with Gasteiger partial charge in [-0.25, -0.2) is 4.99 Å². The highest BCUT2D eigenvalue weighted by atomic mass is 127. The van der Waals surface area contributed by atoms with Crippen LogP contribution in [-0.2, 0) is 4.79 Å². The topological polar surface area (TPSA) is 60.4 Å². The van der Waals surface area contributed by atoms with Crippen LogP contribution in [0.3, 0.4) is 0 Å². The van der Waals surface area contributed by atoms with E-state index >= 15 is 0 Å². The summed E-state index contributed by atoms with van der Waals surface area (Å²) in [6, 6.07) is 8.13. The average molecular weight is 501 g/mol. The Balaban J connectivity index is 0.00000392. The first-order chi connectivity index (χ1) is 12.9. The fraction of sp³-hybridized carbons (Fsp3) is 0.500. The van der Waals surface area contributed by atoms with Crippen molar-refractivity contribution in [3.8, 4) is 5.75 Å². The number of carbonyl (C=O) groups excluding carboxylic acids is 1. The van der Waals surface area contributed by atoms with Gasteiger partial charge in [0, 0.05) is 52.5 Å². The number of halogens is 1. The SMILES string of the molecule is C=C(C)CNC(=NCC(=O)N(C)C)N1CCN(c2ccc(OC)cc2)CC1.I.